The minimum atomic E-state index is 0.578. The molecule has 0 radical (unpaired) electrons. The number of imidazole rings is 1. The van der Waals surface area contributed by atoms with Gasteiger partial charge in [-0.2, -0.15) is 0 Å². The number of aromatic nitrogens is 2. The number of anilines is 1. The quantitative estimate of drug-likeness (QED) is 0.945. The lowest BCUT2D eigenvalue weighted by Gasteiger charge is -2.46. The molecule has 4 nitrogen and oxygen atoms in total. The first kappa shape index (κ1) is 12.7. The number of nitrogens with one attached hydrogen (secondary N) is 1. The standard InChI is InChI=1S/C18H21N3O/c1-2-12(10-13(3-1)21-8-7-19-11-21)20-16-5-4-14-17(16)15-6-9-22-18(14)15/h1-3,7-8,10-11,14-18,20H,4-6,9H2/t14-,15-,16?,17+,18+/m0/s1. The van der Waals surface area contributed by atoms with Gasteiger partial charge in [-0.05, 0) is 55.2 Å². The van der Waals surface area contributed by atoms with E-state index in [4.69, 9.17) is 4.74 Å². The largest absolute Gasteiger partial charge is 0.382 e. The molecule has 5 rings (SSSR count). The Morgan fingerprint density at radius 3 is 3.05 bits per heavy atom. The van der Waals surface area contributed by atoms with Crippen molar-refractivity contribution < 1.29 is 4.74 Å². The van der Waals surface area contributed by atoms with E-state index >= 15 is 0 Å². The van der Waals surface area contributed by atoms with Crippen LogP contribution in [-0.2, 0) is 4.74 Å². The minimum absolute atomic E-state index is 0.578. The van der Waals surface area contributed by atoms with Gasteiger partial charge in [0.15, 0.2) is 0 Å². The van der Waals surface area contributed by atoms with Gasteiger partial charge in [-0.15, -0.1) is 0 Å². The van der Waals surface area contributed by atoms with Crippen molar-refractivity contribution in [3.8, 4) is 5.69 Å². The summed E-state index contributed by atoms with van der Waals surface area (Å²) >= 11 is 0. The SMILES string of the molecule is c1cc(NC2CC[C@@H]3[C@H]4OCC[C@H]4[C@H]23)cc(-n2ccnc2)c1. The minimum Gasteiger partial charge on any atom is -0.382 e. The predicted molar refractivity (Wildman–Crippen MR) is 85.0 cm³/mol. The lowest BCUT2D eigenvalue weighted by atomic mass is 9.63. The number of hydrogen-bond donors (Lipinski definition) is 1. The molecule has 1 aromatic carbocycles. The van der Waals surface area contributed by atoms with Gasteiger partial charge in [0.2, 0.25) is 0 Å². The maximum atomic E-state index is 5.89. The monoisotopic (exact) mass is 295 g/mol. The zero-order chi connectivity index (χ0) is 14.5. The number of hydrogen-bond acceptors (Lipinski definition) is 3. The van der Waals surface area contributed by atoms with Gasteiger partial charge >= 0.3 is 0 Å². The summed E-state index contributed by atoms with van der Waals surface area (Å²) in [6.07, 6.45) is 10.1. The van der Waals surface area contributed by atoms with Gasteiger partial charge in [0, 0.05) is 36.4 Å². The zero-order valence-corrected chi connectivity index (χ0v) is 12.6. The maximum Gasteiger partial charge on any atom is 0.0991 e. The van der Waals surface area contributed by atoms with Crippen molar-refractivity contribution in [1.29, 1.82) is 0 Å². The predicted octanol–water partition coefficient (Wildman–Crippen LogP) is 3.10. The van der Waals surface area contributed by atoms with Crippen LogP contribution in [0.4, 0.5) is 5.69 Å². The van der Waals surface area contributed by atoms with Crippen molar-refractivity contribution in [3.63, 3.8) is 0 Å². The normalized spacial score (nSPS) is 35.7. The third kappa shape index (κ3) is 1.83. The van der Waals surface area contributed by atoms with Crippen LogP contribution in [0.15, 0.2) is 43.0 Å². The summed E-state index contributed by atoms with van der Waals surface area (Å²) in [5.41, 5.74) is 2.38. The van der Waals surface area contributed by atoms with Crippen LogP contribution in [0.5, 0.6) is 0 Å². The average molecular weight is 295 g/mol. The van der Waals surface area contributed by atoms with E-state index in [9.17, 15) is 0 Å². The molecule has 0 amide bonds. The van der Waals surface area contributed by atoms with Crippen molar-refractivity contribution in [2.45, 2.75) is 31.4 Å². The molecule has 1 saturated heterocycles. The van der Waals surface area contributed by atoms with E-state index in [0.717, 1.165) is 30.0 Å². The van der Waals surface area contributed by atoms with Gasteiger partial charge in [-0.25, -0.2) is 4.98 Å². The van der Waals surface area contributed by atoms with Crippen molar-refractivity contribution >= 4 is 5.69 Å². The lowest BCUT2D eigenvalue weighted by molar-refractivity contribution is -0.0649. The molecular weight excluding hydrogens is 274 g/mol. The van der Waals surface area contributed by atoms with Crippen molar-refractivity contribution in [2.24, 2.45) is 17.8 Å². The van der Waals surface area contributed by atoms with Crippen molar-refractivity contribution in [1.82, 2.24) is 9.55 Å². The molecule has 0 bridgehead atoms. The first-order valence-corrected chi connectivity index (χ1v) is 8.37. The van der Waals surface area contributed by atoms with Gasteiger partial charge < -0.3 is 14.6 Å². The molecule has 1 aliphatic heterocycles. The van der Waals surface area contributed by atoms with Crippen LogP contribution in [0.3, 0.4) is 0 Å². The Labute approximate surface area is 130 Å². The summed E-state index contributed by atoms with van der Waals surface area (Å²) in [6.45, 7) is 0.977. The summed E-state index contributed by atoms with van der Waals surface area (Å²) in [5.74, 6) is 2.44. The fourth-order valence-electron chi connectivity index (χ4n) is 4.94. The molecule has 2 aromatic rings. The topological polar surface area (TPSA) is 39.1 Å². The van der Waals surface area contributed by atoms with Gasteiger partial charge in [-0.1, -0.05) is 6.07 Å². The van der Waals surface area contributed by atoms with E-state index in [1.807, 2.05) is 23.3 Å². The molecule has 1 aromatic heterocycles. The lowest BCUT2D eigenvalue weighted by Crippen LogP contribution is -2.51. The second kappa shape index (κ2) is 4.85. The molecule has 2 heterocycles. The van der Waals surface area contributed by atoms with E-state index in [-0.39, 0.29) is 0 Å². The highest BCUT2D eigenvalue weighted by Gasteiger charge is 2.58. The van der Waals surface area contributed by atoms with Gasteiger partial charge in [-0.3, -0.25) is 0 Å². The highest BCUT2D eigenvalue weighted by molar-refractivity contribution is 5.52. The number of fused-ring (bicyclic) bond motifs is 4. The van der Waals surface area contributed by atoms with E-state index in [0.29, 0.717) is 12.1 Å². The van der Waals surface area contributed by atoms with Crippen molar-refractivity contribution in [3.05, 3.63) is 43.0 Å². The van der Waals surface area contributed by atoms with E-state index < -0.39 is 0 Å². The molecule has 3 aliphatic rings. The summed E-state index contributed by atoms with van der Waals surface area (Å²) in [7, 11) is 0. The number of rotatable bonds is 3. The van der Waals surface area contributed by atoms with E-state index in [1.165, 1.54) is 24.9 Å². The van der Waals surface area contributed by atoms with Crippen LogP contribution in [0.2, 0.25) is 0 Å². The Kier molecular flexibility index (Phi) is 2.80. The average Bonchev–Trinajstić information content (AvgIpc) is 3.23. The second-order valence-electron chi connectivity index (χ2n) is 6.88. The highest BCUT2D eigenvalue weighted by Crippen LogP contribution is 2.57. The Balaban J connectivity index is 1.35. The fourth-order valence-corrected chi connectivity index (χ4v) is 4.94. The third-order valence-electron chi connectivity index (χ3n) is 5.87. The van der Waals surface area contributed by atoms with Crippen molar-refractivity contribution in [2.75, 3.05) is 11.9 Å². The zero-order valence-electron chi connectivity index (χ0n) is 12.6. The molecule has 1 unspecified atom stereocenters. The molecule has 2 saturated carbocycles. The molecule has 2 aliphatic carbocycles. The second-order valence-corrected chi connectivity index (χ2v) is 6.88. The molecule has 0 spiro atoms. The summed E-state index contributed by atoms with van der Waals surface area (Å²) in [4.78, 5) is 4.13. The van der Waals surface area contributed by atoms with E-state index in [1.54, 1.807) is 0 Å². The molecule has 22 heavy (non-hydrogen) atoms. The number of nitrogens with zero attached hydrogens (tertiary/aromatic N) is 2. The Bertz CT molecular complexity index is 663. The van der Waals surface area contributed by atoms with Crippen LogP contribution < -0.4 is 5.32 Å². The van der Waals surface area contributed by atoms with Gasteiger partial charge in [0.1, 0.15) is 0 Å². The van der Waals surface area contributed by atoms with Gasteiger partial charge in [0.25, 0.3) is 0 Å². The summed E-state index contributed by atoms with van der Waals surface area (Å²) in [6, 6.07) is 9.25. The third-order valence-corrected chi connectivity index (χ3v) is 5.87. The van der Waals surface area contributed by atoms with Crippen LogP contribution in [0, 0.1) is 17.8 Å². The molecule has 114 valence electrons. The Morgan fingerprint density at radius 1 is 1.18 bits per heavy atom. The summed E-state index contributed by atoms with van der Waals surface area (Å²) in [5, 5.41) is 3.80. The fraction of sp³-hybridized carbons (Fsp3) is 0.500. The molecule has 3 fully saturated rings. The summed E-state index contributed by atoms with van der Waals surface area (Å²) < 4.78 is 7.94. The highest BCUT2D eigenvalue weighted by atomic mass is 16.5. The Hall–Kier alpha value is -1.81. The first-order chi connectivity index (χ1) is 10.9. The smallest absolute Gasteiger partial charge is 0.0991 e. The van der Waals surface area contributed by atoms with E-state index in [2.05, 4.69) is 34.6 Å². The van der Waals surface area contributed by atoms with Crippen LogP contribution in [-0.4, -0.2) is 28.3 Å². The molecule has 5 atom stereocenters. The Morgan fingerprint density at radius 2 is 2.14 bits per heavy atom. The van der Waals surface area contributed by atoms with Crippen LogP contribution in [0.1, 0.15) is 19.3 Å². The van der Waals surface area contributed by atoms with Crippen LogP contribution in [0.25, 0.3) is 5.69 Å². The maximum absolute atomic E-state index is 5.89. The number of benzene rings is 1. The van der Waals surface area contributed by atoms with Gasteiger partial charge in [0.05, 0.1) is 12.4 Å². The number of ether oxygens (including phenoxy) is 1. The molecular formula is C18H21N3O. The van der Waals surface area contributed by atoms with Crippen LogP contribution >= 0.6 is 0 Å². The molecule has 4 heteroatoms. The first-order valence-electron chi connectivity index (χ1n) is 8.37. The molecule has 1 N–H and O–H groups in total.